The van der Waals surface area contributed by atoms with Crippen molar-refractivity contribution in [2.24, 2.45) is 17.1 Å². The number of ketones is 1. The SMILES string of the molecule is CC1C2(CN)Cc3ccc(O)c(O)c3C3(CC(=O)CCC13O)C2. The number of rotatable bonds is 1. The van der Waals surface area contributed by atoms with E-state index in [0.29, 0.717) is 37.8 Å². The van der Waals surface area contributed by atoms with E-state index in [9.17, 15) is 20.1 Å². The number of benzene rings is 1. The van der Waals surface area contributed by atoms with Crippen molar-refractivity contribution < 1.29 is 20.1 Å². The molecular weight excluding hydrogens is 294 g/mol. The van der Waals surface area contributed by atoms with E-state index in [2.05, 4.69) is 0 Å². The van der Waals surface area contributed by atoms with Crippen LogP contribution < -0.4 is 5.73 Å². The Kier molecular flexibility index (Phi) is 2.78. The van der Waals surface area contributed by atoms with Crippen LogP contribution in [0.3, 0.4) is 0 Å². The second-order valence-electron chi connectivity index (χ2n) is 7.83. The number of carbonyl (C=O) groups is 1. The van der Waals surface area contributed by atoms with Crippen LogP contribution in [0.25, 0.3) is 0 Å². The van der Waals surface area contributed by atoms with Gasteiger partial charge < -0.3 is 21.1 Å². The van der Waals surface area contributed by atoms with Crippen molar-refractivity contribution in [3.8, 4) is 11.5 Å². The highest BCUT2D eigenvalue weighted by atomic mass is 16.3. The number of aliphatic hydroxyl groups is 1. The number of phenolic OH excluding ortho intramolecular Hbond substituents is 2. The van der Waals surface area contributed by atoms with E-state index in [1.54, 1.807) is 6.07 Å². The van der Waals surface area contributed by atoms with Gasteiger partial charge in [0.2, 0.25) is 0 Å². The molecule has 5 heteroatoms. The van der Waals surface area contributed by atoms with Crippen molar-refractivity contribution in [2.45, 2.75) is 50.0 Å². The standard InChI is InChI=1S/C18H23NO4/c1-10-16(9-19)6-11-2-3-13(21)15(22)14(11)17(8-16)7-12(20)4-5-18(10,17)23/h2-3,10,21-23H,4-9,19H2,1H3. The molecule has 23 heavy (non-hydrogen) atoms. The molecule has 0 aromatic heterocycles. The minimum absolute atomic E-state index is 0.0676. The average molecular weight is 317 g/mol. The first-order valence-electron chi connectivity index (χ1n) is 8.28. The van der Waals surface area contributed by atoms with Crippen molar-refractivity contribution in [3.63, 3.8) is 0 Å². The fraction of sp³-hybridized carbons (Fsp3) is 0.611. The maximum atomic E-state index is 12.3. The molecule has 5 N–H and O–H groups in total. The van der Waals surface area contributed by atoms with E-state index >= 15 is 0 Å². The van der Waals surface area contributed by atoms with Gasteiger partial charge >= 0.3 is 0 Å². The zero-order chi connectivity index (χ0) is 16.6. The van der Waals surface area contributed by atoms with E-state index in [0.717, 1.165) is 5.56 Å². The molecule has 3 aliphatic carbocycles. The maximum absolute atomic E-state index is 12.3. The first-order chi connectivity index (χ1) is 10.8. The number of aromatic hydroxyl groups is 2. The molecule has 2 saturated carbocycles. The molecule has 0 radical (unpaired) electrons. The van der Waals surface area contributed by atoms with E-state index < -0.39 is 11.0 Å². The Balaban J connectivity index is 2.06. The van der Waals surface area contributed by atoms with Crippen LogP contribution >= 0.6 is 0 Å². The third-order valence-electron chi connectivity index (χ3n) is 7.07. The molecule has 2 fully saturated rings. The lowest BCUT2D eigenvalue weighted by molar-refractivity contribution is -0.135. The zero-order valence-corrected chi connectivity index (χ0v) is 13.3. The molecule has 1 spiro atoms. The number of nitrogens with two attached hydrogens (primary N) is 1. The molecule has 1 aromatic carbocycles. The Morgan fingerprint density at radius 3 is 2.74 bits per heavy atom. The van der Waals surface area contributed by atoms with Crippen molar-refractivity contribution in [3.05, 3.63) is 23.3 Å². The normalized spacial score (nSPS) is 41.5. The number of hydrogen-bond donors (Lipinski definition) is 4. The van der Waals surface area contributed by atoms with Gasteiger partial charge in [0.05, 0.1) is 5.60 Å². The molecule has 4 rings (SSSR count). The van der Waals surface area contributed by atoms with Gasteiger partial charge in [0, 0.05) is 23.8 Å². The van der Waals surface area contributed by atoms with Gasteiger partial charge in [-0.2, -0.15) is 0 Å². The van der Waals surface area contributed by atoms with Gasteiger partial charge in [0.15, 0.2) is 11.5 Å². The lowest BCUT2D eigenvalue weighted by Gasteiger charge is -2.48. The maximum Gasteiger partial charge on any atom is 0.161 e. The van der Waals surface area contributed by atoms with Crippen LogP contribution in [0.1, 0.15) is 43.7 Å². The van der Waals surface area contributed by atoms with Gasteiger partial charge in [-0.15, -0.1) is 0 Å². The summed E-state index contributed by atoms with van der Waals surface area (Å²) in [5, 5.41) is 32.1. The van der Waals surface area contributed by atoms with E-state index in [1.165, 1.54) is 6.07 Å². The Morgan fingerprint density at radius 2 is 2.04 bits per heavy atom. The van der Waals surface area contributed by atoms with Crippen LogP contribution in [0, 0.1) is 11.3 Å². The van der Waals surface area contributed by atoms with E-state index in [-0.39, 0.29) is 35.0 Å². The predicted molar refractivity (Wildman–Crippen MR) is 84.2 cm³/mol. The third-order valence-corrected chi connectivity index (χ3v) is 7.07. The van der Waals surface area contributed by atoms with Crippen molar-refractivity contribution in [2.75, 3.05) is 6.54 Å². The van der Waals surface area contributed by atoms with Gasteiger partial charge in [0.1, 0.15) is 5.78 Å². The van der Waals surface area contributed by atoms with Gasteiger partial charge in [-0.05, 0) is 48.8 Å². The third kappa shape index (κ3) is 1.52. The summed E-state index contributed by atoms with van der Waals surface area (Å²) in [6, 6.07) is 3.28. The van der Waals surface area contributed by atoms with Crippen molar-refractivity contribution in [1.82, 2.24) is 0 Å². The highest BCUT2D eigenvalue weighted by Crippen LogP contribution is 2.70. The van der Waals surface area contributed by atoms with E-state index in [1.807, 2.05) is 6.92 Å². The molecule has 4 atom stereocenters. The Labute approximate surface area is 135 Å². The summed E-state index contributed by atoms with van der Waals surface area (Å²) in [5.74, 6) is -0.346. The van der Waals surface area contributed by atoms with Crippen molar-refractivity contribution >= 4 is 5.78 Å². The molecule has 0 saturated heterocycles. The Bertz CT molecular complexity index is 717. The monoisotopic (exact) mass is 317 g/mol. The molecule has 124 valence electrons. The van der Waals surface area contributed by atoms with E-state index in [4.69, 9.17) is 5.73 Å². The van der Waals surface area contributed by atoms with Crippen molar-refractivity contribution in [1.29, 1.82) is 0 Å². The summed E-state index contributed by atoms with van der Waals surface area (Å²) in [6.45, 7) is 2.46. The van der Waals surface area contributed by atoms with Crippen LogP contribution in [0.15, 0.2) is 12.1 Å². The van der Waals surface area contributed by atoms with Crippen LogP contribution in [0.4, 0.5) is 0 Å². The Hall–Kier alpha value is -1.59. The van der Waals surface area contributed by atoms with Gasteiger partial charge in [-0.3, -0.25) is 4.79 Å². The molecule has 0 heterocycles. The largest absolute Gasteiger partial charge is 0.504 e. The highest BCUT2D eigenvalue weighted by molar-refractivity contribution is 5.83. The first kappa shape index (κ1) is 15.0. The van der Waals surface area contributed by atoms with Crippen LogP contribution in [0.2, 0.25) is 0 Å². The lowest BCUT2D eigenvalue weighted by atomic mass is 9.57. The number of fused-ring (bicyclic) bond motifs is 2. The summed E-state index contributed by atoms with van der Waals surface area (Å²) < 4.78 is 0. The summed E-state index contributed by atoms with van der Waals surface area (Å²) in [6.07, 6.45) is 2.21. The number of carbonyl (C=O) groups excluding carboxylic acids is 1. The average Bonchev–Trinajstić information content (AvgIpc) is 2.67. The topological polar surface area (TPSA) is 104 Å². The van der Waals surface area contributed by atoms with Gasteiger partial charge in [-0.25, -0.2) is 0 Å². The fourth-order valence-electron chi connectivity index (χ4n) is 5.87. The van der Waals surface area contributed by atoms with Gasteiger partial charge in [-0.1, -0.05) is 13.0 Å². The highest BCUT2D eigenvalue weighted by Gasteiger charge is 2.71. The van der Waals surface area contributed by atoms with Crippen LogP contribution in [0.5, 0.6) is 11.5 Å². The smallest absolute Gasteiger partial charge is 0.161 e. The quantitative estimate of drug-likeness (QED) is 0.586. The summed E-state index contributed by atoms with van der Waals surface area (Å²) >= 11 is 0. The van der Waals surface area contributed by atoms with Crippen LogP contribution in [-0.2, 0) is 16.6 Å². The minimum Gasteiger partial charge on any atom is -0.504 e. The van der Waals surface area contributed by atoms with Gasteiger partial charge in [0.25, 0.3) is 0 Å². The minimum atomic E-state index is -1.07. The van der Waals surface area contributed by atoms with Crippen LogP contribution in [-0.4, -0.2) is 33.2 Å². The summed E-state index contributed by atoms with van der Waals surface area (Å²) in [4.78, 5) is 12.3. The lowest BCUT2D eigenvalue weighted by Crippen LogP contribution is -2.55. The number of phenols is 2. The first-order valence-corrected chi connectivity index (χ1v) is 8.28. The molecule has 2 bridgehead atoms. The number of hydrogen-bond acceptors (Lipinski definition) is 5. The molecule has 1 aromatic rings. The summed E-state index contributed by atoms with van der Waals surface area (Å²) in [7, 11) is 0. The molecule has 0 aliphatic heterocycles. The summed E-state index contributed by atoms with van der Waals surface area (Å²) in [5.41, 5.74) is 5.42. The Morgan fingerprint density at radius 1 is 1.30 bits per heavy atom. The molecule has 5 nitrogen and oxygen atoms in total. The predicted octanol–water partition coefficient (Wildman–Crippen LogP) is 1.36. The molecular formula is C18H23NO4. The molecule has 0 amide bonds. The fourth-order valence-corrected chi connectivity index (χ4v) is 5.87. The number of Topliss-reactive ketones (excluding diaryl/α,β-unsaturated/α-hetero) is 1. The second kappa shape index (κ2) is 4.28. The molecule has 4 unspecified atom stereocenters. The molecule has 3 aliphatic rings. The second-order valence-corrected chi connectivity index (χ2v) is 7.83. The zero-order valence-electron chi connectivity index (χ0n) is 13.3.